The van der Waals surface area contributed by atoms with Crippen LogP contribution in [0.3, 0.4) is 0 Å². The molecule has 94 valence electrons. The second-order valence-corrected chi connectivity index (χ2v) is 4.67. The molecule has 2 aromatic carbocycles. The van der Waals surface area contributed by atoms with Crippen LogP contribution in [0.4, 0.5) is 5.69 Å². The third-order valence-electron chi connectivity index (χ3n) is 3.37. The number of anilines is 1. The van der Waals surface area contributed by atoms with Crippen LogP contribution >= 0.6 is 0 Å². The molecule has 2 nitrogen and oxygen atoms in total. The molecule has 1 atom stereocenters. The Labute approximate surface area is 109 Å². The third kappa shape index (κ3) is 2.24. The van der Waals surface area contributed by atoms with Crippen LogP contribution in [0, 0.1) is 0 Å². The van der Waals surface area contributed by atoms with Crippen molar-refractivity contribution < 1.29 is 0 Å². The number of rotatable bonds is 4. The van der Waals surface area contributed by atoms with Crippen LogP contribution in [0.15, 0.2) is 54.6 Å². The van der Waals surface area contributed by atoms with Crippen LogP contribution in [-0.2, 0) is 5.54 Å². The minimum absolute atomic E-state index is 0.499. The molecule has 18 heavy (non-hydrogen) atoms. The first-order valence-electron chi connectivity index (χ1n) is 6.38. The van der Waals surface area contributed by atoms with E-state index in [0.717, 1.165) is 29.7 Å². The average Bonchev–Trinajstić information content (AvgIpc) is 2.40. The molecular weight excluding hydrogens is 220 g/mol. The van der Waals surface area contributed by atoms with Crippen molar-refractivity contribution in [2.75, 3.05) is 5.73 Å². The van der Waals surface area contributed by atoms with Crippen molar-refractivity contribution in [1.82, 2.24) is 0 Å². The van der Waals surface area contributed by atoms with Gasteiger partial charge in [0.25, 0.3) is 0 Å². The van der Waals surface area contributed by atoms with Crippen molar-refractivity contribution in [3.63, 3.8) is 0 Å². The Hall–Kier alpha value is -1.80. The fraction of sp³-hybridized carbons (Fsp3) is 0.250. The first-order valence-corrected chi connectivity index (χ1v) is 6.38. The summed E-state index contributed by atoms with van der Waals surface area (Å²) in [6, 6.07) is 18.1. The topological polar surface area (TPSA) is 52.0 Å². The maximum absolute atomic E-state index is 6.67. The van der Waals surface area contributed by atoms with Crippen molar-refractivity contribution in [3.8, 4) is 0 Å². The molecule has 0 heterocycles. The van der Waals surface area contributed by atoms with E-state index in [4.69, 9.17) is 11.5 Å². The Balaban J connectivity index is 2.55. The van der Waals surface area contributed by atoms with Crippen molar-refractivity contribution in [3.05, 3.63) is 65.7 Å². The van der Waals surface area contributed by atoms with Crippen LogP contribution in [0.1, 0.15) is 30.9 Å². The number of hydrogen-bond acceptors (Lipinski definition) is 2. The zero-order chi connectivity index (χ0) is 13.0. The molecule has 1 unspecified atom stereocenters. The lowest BCUT2D eigenvalue weighted by atomic mass is 9.79. The maximum Gasteiger partial charge on any atom is 0.0685 e. The van der Waals surface area contributed by atoms with Gasteiger partial charge in [0.2, 0.25) is 0 Å². The highest BCUT2D eigenvalue weighted by molar-refractivity contribution is 5.54. The standard InChI is InChI=1S/C16H20N2/c1-2-12-16(18,13-8-4-3-5-9-13)14-10-6-7-11-15(14)17/h3-11H,2,12,17-18H2,1H3. The molecule has 0 amide bonds. The van der Waals surface area contributed by atoms with Crippen LogP contribution in [-0.4, -0.2) is 0 Å². The molecule has 0 saturated carbocycles. The molecule has 2 rings (SSSR count). The molecule has 2 aromatic rings. The van der Waals surface area contributed by atoms with Gasteiger partial charge < -0.3 is 11.5 Å². The van der Waals surface area contributed by atoms with Crippen molar-refractivity contribution in [2.24, 2.45) is 5.73 Å². The molecule has 2 heteroatoms. The van der Waals surface area contributed by atoms with E-state index >= 15 is 0 Å². The molecule has 0 bridgehead atoms. The Kier molecular flexibility index (Phi) is 3.68. The monoisotopic (exact) mass is 240 g/mol. The van der Waals surface area contributed by atoms with E-state index < -0.39 is 5.54 Å². The second-order valence-electron chi connectivity index (χ2n) is 4.67. The molecule has 0 aliphatic heterocycles. The molecule has 0 radical (unpaired) electrons. The van der Waals surface area contributed by atoms with Crippen molar-refractivity contribution >= 4 is 5.69 Å². The number of nitrogen functional groups attached to an aromatic ring is 1. The average molecular weight is 240 g/mol. The van der Waals surface area contributed by atoms with E-state index in [-0.39, 0.29) is 0 Å². The van der Waals surface area contributed by atoms with Crippen LogP contribution in [0.5, 0.6) is 0 Å². The number of para-hydroxylation sites is 1. The zero-order valence-electron chi connectivity index (χ0n) is 10.8. The number of hydrogen-bond donors (Lipinski definition) is 2. The summed E-state index contributed by atoms with van der Waals surface area (Å²) in [5.74, 6) is 0. The van der Waals surface area contributed by atoms with Gasteiger partial charge in [-0.2, -0.15) is 0 Å². The van der Waals surface area contributed by atoms with Gasteiger partial charge in [0.1, 0.15) is 0 Å². The van der Waals surface area contributed by atoms with Gasteiger partial charge in [-0.3, -0.25) is 0 Å². The van der Waals surface area contributed by atoms with Gasteiger partial charge in [0, 0.05) is 5.69 Å². The van der Waals surface area contributed by atoms with Crippen LogP contribution in [0.25, 0.3) is 0 Å². The minimum Gasteiger partial charge on any atom is -0.398 e. The lowest BCUT2D eigenvalue weighted by Gasteiger charge is -2.31. The van der Waals surface area contributed by atoms with Crippen molar-refractivity contribution in [1.29, 1.82) is 0 Å². The summed E-state index contributed by atoms with van der Waals surface area (Å²) in [6.45, 7) is 2.14. The minimum atomic E-state index is -0.499. The molecule has 0 aliphatic rings. The lowest BCUT2D eigenvalue weighted by Crippen LogP contribution is -2.38. The molecule has 4 N–H and O–H groups in total. The molecule has 0 saturated heterocycles. The van der Waals surface area contributed by atoms with Crippen LogP contribution in [0.2, 0.25) is 0 Å². The normalized spacial score (nSPS) is 14.1. The highest BCUT2D eigenvalue weighted by Gasteiger charge is 2.29. The van der Waals surface area contributed by atoms with Crippen LogP contribution < -0.4 is 11.5 Å². The summed E-state index contributed by atoms with van der Waals surface area (Å²) >= 11 is 0. The molecule has 0 aliphatic carbocycles. The lowest BCUT2D eigenvalue weighted by molar-refractivity contribution is 0.486. The van der Waals surface area contributed by atoms with E-state index in [9.17, 15) is 0 Å². The third-order valence-corrected chi connectivity index (χ3v) is 3.37. The summed E-state index contributed by atoms with van der Waals surface area (Å²) in [5, 5.41) is 0. The molecule has 0 aromatic heterocycles. The predicted octanol–water partition coefficient (Wildman–Crippen LogP) is 3.27. The summed E-state index contributed by atoms with van der Waals surface area (Å²) < 4.78 is 0. The van der Waals surface area contributed by atoms with E-state index in [1.54, 1.807) is 0 Å². The quantitative estimate of drug-likeness (QED) is 0.806. The Morgan fingerprint density at radius 2 is 1.56 bits per heavy atom. The molecule has 0 fully saturated rings. The summed E-state index contributed by atoms with van der Waals surface area (Å²) in [7, 11) is 0. The SMILES string of the molecule is CCCC(N)(c1ccccc1)c1ccccc1N. The fourth-order valence-electron chi connectivity index (χ4n) is 2.47. The fourth-order valence-corrected chi connectivity index (χ4v) is 2.47. The summed E-state index contributed by atoms with van der Waals surface area (Å²) in [4.78, 5) is 0. The Bertz CT molecular complexity index is 508. The Morgan fingerprint density at radius 1 is 0.944 bits per heavy atom. The smallest absolute Gasteiger partial charge is 0.0685 e. The Morgan fingerprint density at radius 3 is 2.17 bits per heavy atom. The van der Waals surface area contributed by atoms with Gasteiger partial charge in [-0.25, -0.2) is 0 Å². The molecule has 0 spiro atoms. The predicted molar refractivity (Wildman–Crippen MR) is 77.2 cm³/mol. The second kappa shape index (κ2) is 5.23. The zero-order valence-corrected chi connectivity index (χ0v) is 10.8. The number of benzene rings is 2. The van der Waals surface area contributed by atoms with E-state index in [0.29, 0.717) is 0 Å². The highest BCUT2D eigenvalue weighted by Crippen LogP contribution is 2.34. The first kappa shape index (κ1) is 12.7. The van der Waals surface area contributed by atoms with Gasteiger partial charge >= 0.3 is 0 Å². The number of nitrogens with two attached hydrogens (primary N) is 2. The van der Waals surface area contributed by atoms with E-state index in [2.05, 4.69) is 19.1 Å². The van der Waals surface area contributed by atoms with Gasteiger partial charge in [0.15, 0.2) is 0 Å². The molecular formula is C16H20N2. The largest absolute Gasteiger partial charge is 0.398 e. The van der Waals surface area contributed by atoms with E-state index in [1.165, 1.54) is 0 Å². The van der Waals surface area contributed by atoms with E-state index in [1.807, 2.05) is 42.5 Å². The van der Waals surface area contributed by atoms with Gasteiger partial charge in [-0.15, -0.1) is 0 Å². The summed E-state index contributed by atoms with van der Waals surface area (Å²) in [5.41, 5.74) is 15.2. The van der Waals surface area contributed by atoms with Gasteiger partial charge in [0.05, 0.1) is 5.54 Å². The first-order chi connectivity index (χ1) is 8.68. The van der Waals surface area contributed by atoms with Gasteiger partial charge in [-0.1, -0.05) is 61.9 Å². The van der Waals surface area contributed by atoms with Crippen molar-refractivity contribution in [2.45, 2.75) is 25.3 Å². The summed E-state index contributed by atoms with van der Waals surface area (Å²) in [6.07, 6.45) is 1.89. The highest BCUT2D eigenvalue weighted by atomic mass is 14.8. The van der Waals surface area contributed by atoms with Gasteiger partial charge in [-0.05, 0) is 23.6 Å². The maximum atomic E-state index is 6.67.